The van der Waals surface area contributed by atoms with Crippen molar-refractivity contribution in [3.05, 3.63) is 32.7 Å². The monoisotopic (exact) mass is 422 g/mol. The van der Waals surface area contributed by atoms with Crippen LogP contribution in [-0.2, 0) is 0 Å². The maximum absolute atomic E-state index is 12.1. The van der Waals surface area contributed by atoms with E-state index in [2.05, 4.69) is 47.8 Å². The van der Waals surface area contributed by atoms with Crippen LogP contribution < -0.4 is 0 Å². The van der Waals surface area contributed by atoms with Gasteiger partial charge in [-0.25, -0.2) is 0 Å². The zero-order valence-corrected chi connectivity index (χ0v) is 12.7. The molecule has 1 aromatic carbocycles. The maximum Gasteiger partial charge on any atom is 0.389 e. The Balaban J connectivity index is 2.73. The highest BCUT2D eigenvalue weighted by molar-refractivity contribution is 9.11. The van der Waals surface area contributed by atoms with Crippen molar-refractivity contribution in [3.8, 4) is 0 Å². The van der Waals surface area contributed by atoms with E-state index in [1.54, 1.807) is 12.1 Å². The summed E-state index contributed by atoms with van der Waals surface area (Å²) in [7, 11) is 0. The van der Waals surface area contributed by atoms with Crippen molar-refractivity contribution < 1.29 is 13.2 Å². The average Bonchev–Trinajstić information content (AvgIpc) is 2.17. The summed E-state index contributed by atoms with van der Waals surface area (Å²) in [6.07, 6.45) is -4.87. The van der Waals surface area contributed by atoms with Gasteiger partial charge in [-0.1, -0.05) is 47.8 Å². The molecule has 0 heterocycles. The molecule has 0 saturated carbocycles. The molecule has 0 aliphatic carbocycles. The van der Waals surface area contributed by atoms with E-state index in [0.29, 0.717) is 0 Å². The van der Waals surface area contributed by atoms with Crippen LogP contribution in [0.5, 0.6) is 0 Å². The first kappa shape index (κ1) is 14.5. The molecule has 90 valence electrons. The third-order valence-electron chi connectivity index (χ3n) is 1.98. The summed E-state index contributed by atoms with van der Waals surface area (Å²) in [6, 6.07) is 5.44. The van der Waals surface area contributed by atoms with Gasteiger partial charge in [0.1, 0.15) is 0 Å². The largest absolute Gasteiger partial charge is 0.389 e. The average molecular weight is 425 g/mol. The summed E-state index contributed by atoms with van der Waals surface area (Å²) in [5.41, 5.74) is 0.818. The molecule has 0 N–H and O–H groups in total. The van der Waals surface area contributed by atoms with E-state index in [1.165, 1.54) is 0 Å². The van der Waals surface area contributed by atoms with E-state index in [0.717, 1.165) is 14.5 Å². The molecule has 0 aliphatic rings. The quantitative estimate of drug-likeness (QED) is 0.523. The molecule has 6 heteroatoms. The van der Waals surface area contributed by atoms with Crippen LogP contribution in [0.1, 0.15) is 23.2 Å². The van der Waals surface area contributed by atoms with Gasteiger partial charge in [-0.2, -0.15) is 13.2 Å². The molecule has 0 saturated heterocycles. The number of hydrogen-bond acceptors (Lipinski definition) is 0. The highest BCUT2D eigenvalue weighted by atomic mass is 79.9. The van der Waals surface area contributed by atoms with Gasteiger partial charge in [0.25, 0.3) is 0 Å². The molecule has 0 nitrogen and oxygen atoms in total. The minimum Gasteiger partial charge on any atom is -0.171 e. The summed E-state index contributed by atoms with van der Waals surface area (Å²) in [6.45, 7) is 0. The maximum atomic E-state index is 12.1. The van der Waals surface area contributed by atoms with Crippen LogP contribution >= 0.6 is 47.8 Å². The molecule has 0 spiro atoms. The Labute approximate surface area is 117 Å². The Morgan fingerprint density at radius 1 is 1.19 bits per heavy atom. The lowest BCUT2D eigenvalue weighted by molar-refractivity contribution is -0.135. The molecular weight excluding hydrogens is 417 g/mol. The number of hydrogen-bond donors (Lipinski definition) is 0. The molecule has 1 aromatic rings. The molecule has 0 amide bonds. The number of benzene rings is 1. The highest BCUT2D eigenvalue weighted by Gasteiger charge is 2.28. The zero-order chi connectivity index (χ0) is 12.3. The summed E-state index contributed by atoms with van der Waals surface area (Å²) >= 11 is 9.88. The fraction of sp³-hybridized carbons (Fsp3) is 0.400. The lowest BCUT2D eigenvalue weighted by atomic mass is 10.1. The Bertz CT molecular complexity index is 363. The summed E-state index contributed by atoms with van der Waals surface area (Å²) in [5, 5.41) is 0. The van der Waals surface area contributed by atoms with Crippen LogP contribution in [-0.4, -0.2) is 6.18 Å². The van der Waals surface area contributed by atoms with Gasteiger partial charge in [0, 0.05) is 20.2 Å². The standard InChI is InChI=1S/C10H8Br3F3/c11-6-1-2-8(12)7(5-6)9(13)3-4-10(14,15)16/h1-2,5,9H,3-4H2. The normalized spacial score (nSPS) is 13.9. The van der Waals surface area contributed by atoms with Crippen molar-refractivity contribution in [1.29, 1.82) is 0 Å². The van der Waals surface area contributed by atoms with Gasteiger partial charge in [-0.05, 0) is 30.2 Å². The molecule has 1 atom stereocenters. The number of rotatable bonds is 3. The van der Waals surface area contributed by atoms with Gasteiger partial charge in [-0.3, -0.25) is 0 Å². The fourth-order valence-electron chi connectivity index (χ4n) is 1.20. The van der Waals surface area contributed by atoms with Gasteiger partial charge in [0.2, 0.25) is 0 Å². The molecule has 0 bridgehead atoms. The molecule has 1 rings (SSSR count). The van der Waals surface area contributed by atoms with E-state index >= 15 is 0 Å². The van der Waals surface area contributed by atoms with Crippen LogP contribution in [0, 0.1) is 0 Å². The minimum absolute atomic E-state index is 0.0263. The van der Waals surface area contributed by atoms with Gasteiger partial charge in [0.15, 0.2) is 0 Å². The SMILES string of the molecule is FC(F)(F)CCC(Br)c1cc(Br)ccc1Br. The first-order valence-electron chi connectivity index (χ1n) is 4.45. The molecule has 0 fully saturated rings. The topological polar surface area (TPSA) is 0 Å². The third-order valence-corrected chi connectivity index (χ3v) is 4.14. The molecule has 0 radical (unpaired) electrons. The molecule has 0 aromatic heterocycles. The van der Waals surface area contributed by atoms with E-state index in [4.69, 9.17) is 0 Å². The fourth-order valence-corrected chi connectivity index (χ4v) is 3.02. The predicted molar refractivity (Wildman–Crippen MR) is 68.8 cm³/mol. The van der Waals surface area contributed by atoms with Crippen molar-refractivity contribution in [2.24, 2.45) is 0 Å². The van der Waals surface area contributed by atoms with Crippen LogP contribution in [0.4, 0.5) is 13.2 Å². The Hall–Kier alpha value is 0.450. The first-order valence-corrected chi connectivity index (χ1v) is 6.95. The van der Waals surface area contributed by atoms with Gasteiger partial charge < -0.3 is 0 Å². The van der Waals surface area contributed by atoms with Crippen LogP contribution in [0.2, 0.25) is 0 Å². The van der Waals surface area contributed by atoms with E-state index in [-0.39, 0.29) is 11.2 Å². The Morgan fingerprint density at radius 2 is 1.81 bits per heavy atom. The first-order chi connectivity index (χ1) is 7.29. The van der Waals surface area contributed by atoms with Crippen molar-refractivity contribution in [2.75, 3.05) is 0 Å². The van der Waals surface area contributed by atoms with Gasteiger partial charge in [-0.15, -0.1) is 0 Å². The zero-order valence-electron chi connectivity index (χ0n) is 7.99. The number of alkyl halides is 4. The summed E-state index contributed by atoms with van der Waals surface area (Å²) in [4.78, 5) is -0.305. The van der Waals surface area contributed by atoms with Crippen molar-refractivity contribution in [3.63, 3.8) is 0 Å². The van der Waals surface area contributed by atoms with Gasteiger partial charge in [0.05, 0.1) is 0 Å². The van der Waals surface area contributed by atoms with Gasteiger partial charge >= 0.3 is 6.18 Å². The molecule has 0 aliphatic heterocycles. The third kappa shape index (κ3) is 4.75. The van der Waals surface area contributed by atoms with Crippen molar-refractivity contribution in [2.45, 2.75) is 23.8 Å². The van der Waals surface area contributed by atoms with Crippen LogP contribution in [0.15, 0.2) is 27.1 Å². The Morgan fingerprint density at radius 3 is 2.38 bits per heavy atom. The summed E-state index contributed by atoms with van der Waals surface area (Å²) < 4.78 is 37.9. The second kappa shape index (κ2) is 5.87. The van der Waals surface area contributed by atoms with Crippen molar-refractivity contribution in [1.82, 2.24) is 0 Å². The lowest BCUT2D eigenvalue weighted by Gasteiger charge is -2.14. The van der Waals surface area contributed by atoms with E-state index < -0.39 is 12.6 Å². The second-order valence-corrected chi connectivity index (χ2v) is 6.16. The lowest BCUT2D eigenvalue weighted by Crippen LogP contribution is -2.08. The van der Waals surface area contributed by atoms with Crippen LogP contribution in [0.3, 0.4) is 0 Å². The van der Waals surface area contributed by atoms with E-state index in [1.807, 2.05) is 6.07 Å². The molecule has 1 unspecified atom stereocenters. The van der Waals surface area contributed by atoms with Crippen molar-refractivity contribution >= 4 is 47.8 Å². The summed E-state index contributed by atoms with van der Waals surface area (Å²) in [5.74, 6) is 0. The second-order valence-electron chi connectivity index (χ2n) is 3.29. The van der Waals surface area contributed by atoms with E-state index in [9.17, 15) is 13.2 Å². The minimum atomic E-state index is -4.11. The predicted octanol–water partition coefficient (Wildman–Crippen LogP) is 5.99. The van der Waals surface area contributed by atoms with Crippen LogP contribution in [0.25, 0.3) is 0 Å². The smallest absolute Gasteiger partial charge is 0.171 e. The highest BCUT2D eigenvalue weighted by Crippen LogP contribution is 2.37. The number of halogens is 6. The Kier molecular flexibility index (Phi) is 5.32. The molecule has 16 heavy (non-hydrogen) atoms. The molecular formula is C10H8Br3F3.